The van der Waals surface area contributed by atoms with Crippen molar-refractivity contribution in [2.75, 3.05) is 12.4 Å². The second kappa shape index (κ2) is 8.44. The molecule has 1 atom stereocenters. The first-order valence-corrected chi connectivity index (χ1v) is 8.37. The first kappa shape index (κ1) is 20.1. The monoisotopic (exact) mass is 417 g/mol. The number of carbonyl (C=O) groups excluding carboxylic acids is 1. The fourth-order valence-corrected chi connectivity index (χ4v) is 2.41. The van der Waals surface area contributed by atoms with Gasteiger partial charge < -0.3 is 15.4 Å². The Hall–Kier alpha value is -2.22. The molecule has 0 saturated heterocycles. The van der Waals surface area contributed by atoms with Gasteiger partial charge in [0, 0.05) is 11.8 Å². The summed E-state index contributed by atoms with van der Waals surface area (Å²) >= 11 is 17.8. The molecule has 0 aliphatic heterocycles. The number of methoxy groups -OCH3 is 1. The summed E-state index contributed by atoms with van der Waals surface area (Å²) in [6, 6.07) is 12.2. The summed E-state index contributed by atoms with van der Waals surface area (Å²) in [6.45, 7) is 0. The molecule has 0 aliphatic rings. The van der Waals surface area contributed by atoms with Crippen LogP contribution < -0.4 is 15.4 Å². The van der Waals surface area contributed by atoms with Crippen LogP contribution in [-0.2, 0) is 0 Å². The van der Waals surface area contributed by atoms with E-state index in [1.54, 1.807) is 24.3 Å². The van der Waals surface area contributed by atoms with E-state index in [0.29, 0.717) is 11.4 Å². The van der Waals surface area contributed by atoms with Gasteiger partial charge in [-0.3, -0.25) is 14.9 Å². The largest absolute Gasteiger partial charge is 0.497 e. The molecule has 2 N–H and O–H groups in total. The van der Waals surface area contributed by atoms with Crippen LogP contribution in [0.1, 0.15) is 10.4 Å². The van der Waals surface area contributed by atoms with Crippen molar-refractivity contribution in [3.8, 4) is 5.75 Å². The van der Waals surface area contributed by atoms with Crippen LogP contribution in [0.2, 0.25) is 0 Å². The number of halogens is 3. The molecule has 7 nitrogen and oxygen atoms in total. The summed E-state index contributed by atoms with van der Waals surface area (Å²) in [5.74, 6) is -0.125. The molecule has 0 saturated carbocycles. The highest BCUT2D eigenvalue weighted by Crippen LogP contribution is 2.32. The van der Waals surface area contributed by atoms with Crippen LogP contribution >= 0.6 is 34.8 Å². The molecule has 10 heteroatoms. The lowest BCUT2D eigenvalue weighted by atomic mass is 10.1. The number of amides is 1. The molecule has 1 amide bonds. The average molecular weight is 419 g/mol. The van der Waals surface area contributed by atoms with E-state index in [1.807, 2.05) is 0 Å². The van der Waals surface area contributed by atoms with Gasteiger partial charge in [0.1, 0.15) is 17.5 Å². The van der Waals surface area contributed by atoms with Crippen LogP contribution in [0, 0.1) is 10.1 Å². The third-order valence-corrected chi connectivity index (χ3v) is 4.00. The van der Waals surface area contributed by atoms with E-state index in [4.69, 9.17) is 39.5 Å². The lowest BCUT2D eigenvalue weighted by Crippen LogP contribution is -2.49. The fourth-order valence-electron chi connectivity index (χ4n) is 2.09. The van der Waals surface area contributed by atoms with Crippen LogP contribution in [0.15, 0.2) is 48.5 Å². The molecule has 2 aromatic rings. The number of ether oxygens (including phenoxy) is 1. The van der Waals surface area contributed by atoms with Crippen molar-refractivity contribution >= 4 is 52.1 Å². The number of carbonyl (C=O) groups is 1. The SMILES string of the molecule is COc1ccc(N[C@@H](NC(=O)c2ccccc2[N+](=O)[O-])C(Cl)(Cl)Cl)cc1. The molecular weight excluding hydrogens is 405 g/mol. The maximum atomic E-state index is 12.5. The first-order valence-electron chi connectivity index (χ1n) is 7.24. The predicted octanol–water partition coefficient (Wildman–Crippen LogP) is 4.14. The summed E-state index contributed by atoms with van der Waals surface area (Å²) in [5.41, 5.74) is 0.0517. The Morgan fingerprint density at radius 3 is 2.31 bits per heavy atom. The first-order chi connectivity index (χ1) is 12.2. The zero-order valence-electron chi connectivity index (χ0n) is 13.4. The Kier molecular flexibility index (Phi) is 6.52. The van der Waals surface area contributed by atoms with E-state index >= 15 is 0 Å². The molecule has 0 aliphatic carbocycles. The second-order valence-corrected chi connectivity index (χ2v) is 7.46. The molecule has 0 fully saturated rings. The van der Waals surface area contributed by atoms with Crippen LogP contribution in [0.3, 0.4) is 0 Å². The minimum absolute atomic E-state index is 0.145. The van der Waals surface area contributed by atoms with Gasteiger partial charge in [-0.05, 0) is 30.3 Å². The number of nitrogens with one attached hydrogen (secondary N) is 2. The van der Waals surface area contributed by atoms with Gasteiger partial charge >= 0.3 is 0 Å². The Labute approximate surface area is 164 Å². The zero-order chi connectivity index (χ0) is 19.3. The van der Waals surface area contributed by atoms with Gasteiger partial charge in [0.05, 0.1) is 12.0 Å². The lowest BCUT2D eigenvalue weighted by Gasteiger charge is -2.27. The van der Waals surface area contributed by atoms with E-state index in [1.165, 1.54) is 31.4 Å². The van der Waals surface area contributed by atoms with Crippen LogP contribution in [0.4, 0.5) is 11.4 Å². The minimum Gasteiger partial charge on any atom is -0.497 e. The number of alkyl halides is 3. The normalized spacial score (nSPS) is 12.2. The Morgan fingerprint density at radius 2 is 1.77 bits per heavy atom. The quantitative estimate of drug-likeness (QED) is 0.318. The number of nitro groups is 1. The molecule has 2 rings (SSSR count). The summed E-state index contributed by atoms with van der Waals surface area (Å²) in [7, 11) is 1.53. The van der Waals surface area contributed by atoms with Gasteiger partial charge in [-0.1, -0.05) is 46.9 Å². The zero-order valence-corrected chi connectivity index (χ0v) is 15.7. The van der Waals surface area contributed by atoms with Crippen LogP contribution in [0.25, 0.3) is 0 Å². The van der Waals surface area contributed by atoms with Crippen LogP contribution in [0.5, 0.6) is 5.75 Å². The number of rotatable bonds is 6. The van der Waals surface area contributed by atoms with E-state index in [2.05, 4.69) is 10.6 Å². The van der Waals surface area contributed by atoms with Gasteiger partial charge in [0.15, 0.2) is 0 Å². The van der Waals surface area contributed by atoms with E-state index in [0.717, 1.165) is 0 Å². The van der Waals surface area contributed by atoms with Gasteiger partial charge in [-0.25, -0.2) is 0 Å². The van der Waals surface area contributed by atoms with E-state index in [9.17, 15) is 14.9 Å². The maximum absolute atomic E-state index is 12.5. The topological polar surface area (TPSA) is 93.5 Å². The van der Waals surface area contributed by atoms with Crippen molar-refractivity contribution in [3.63, 3.8) is 0 Å². The summed E-state index contributed by atoms with van der Waals surface area (Å²) in [4.78, 5) is 22.9. The molecule has 0 spiro atoms. The Bertz CT molecular complexity index is 794. The highest BCUT2D eigenvalue weighted by atomic mass is 35.6. The average Bonchev–Trinajstić information content (AvgIpc) is 2.60. The van der Waals surface area contributed by atoms with Crippen molar-refractivity contribution in [2.45, 2.75) is 9.96 Å². The minimum atomic E-state index is -1.92. The van der Waals surface area contributed by atoms with Gasteiger partial charge in [0.25, 0.3) is 11.6 Å². The number of anilines is 1. The smallest absolute Gasteiger partial charge is 0.282 e. The molecule has 0 heterocycles. The third-order valence-electron chi connectivity index (χ3n) is 3.35. The number of hydrogen-bond acceptors (Lipinski definition) is 5. The van der Waals surface area contributed by atoms with E-state index in [-0.39, 0.29) is 11.3 Å². The van der Waals surface area contributed by atoms with Gasteiger partial charge in [0.2, 0.25) is 3.79 Å². The van der Waals surface area contributed by atoms with Crippen molar-refractivity contribution in [3.05, 3.63) is 64.2 Å². The molecule has 138 valence electrons. The molecule has 0 bridgehead atoms. The number of para-hydroxylation sites is 1. The summed E-state index contributed by atoms with van der Waals surface area (Å²) < 4.78 is 3.14. The van der Waals surface area contributed by atoms with Crippen molar-refractivity contribution in [1.29, 1.82) is 0 Å². The standard InChI is InChI=1S/C16H14Cl3N3O4/c1-26-11-8-6-10(7-9-11)20-15(16(17,18)19)21-14(23)12-4-2-3-5-13(12)22(24)25/h2-9,15,20H,1H3,(H,21,23)/t15-/m0/s1. The highest BCUT2D eigenvalue weighted by molar-refractivity contribution is 6.68. The van der Waals surface area contributed by atoms with Crippen molar-refractivity contribution in [1.82, 2.24) is 5.32 Å². The highest BCUT2D eigenvalue weighted by Gasteiger charge is 2.35. The number of nitrogens with zero attached hydrogens (tertiary/aromatic N) is 1. The number of benzene rings is 2. The van der Waals surface area contributed by atoms with Gasteiger partial charge in [-0.2, -0.15) is 0 Å². The fraction of sp³-hybridized carbons (Fsp3) is 0.188. The Balaban J connectivity index is 2.23. The number of nitro benzene ring substituents is 1. The summed E-state index contributed by atoms with van der Waals surface area (Å²) in [5, 5.41) is 16.4. The maximum Gasteiger partial charge on any atom is 0.282 e. The molecule has 2 aromatic carbocycles. The predicted molar refractivity (Wildman–Crippen MR) is 101 cm³/mol. The van der Waals surface area contributed by atoms with Gasteiger partial charge in [-0.15, -0.1) is 0 Å². The molecular formula is C16H14Cl3N3O4. The third kappa shape index (κ3) is 5.14. The van der Waals surface area contributed by atoms with Crippen LogP contribution in [-0.4, -0.2) is 27.9 Å². The number of hydrogen-bond donors (Lipinski definition) is 2. The van der Waals surface area contributed by atoms with Crippen molar-refractivity contribution in [2.24, 2.45) is 0 Å². The molecule has 0 aromatic heterocycles. The lowest BCUT2D eigenvalue weighted by molar-refractivity contribution is -0.385. The second-order valence-electron chi connectivity index (χ2n) is 5.10. The molecule has 0 radical (unpaired) electrons. The Morgan fingerprint density at radius 1 is 1.15 bits per heavy atom. The molecule has 26 heavy (non-hydrogen) atoms. The molecule has 0 unspecified atom stereocenters. The van der Waals surface area contributed by atoms with E-state index < -0.39 is 20.8 Å². The van der Waals surface area contributed by atoms with Crippen molar-refractivity contribution < 1.29 is 14.5 Å². The summed E-state index contributed by atoms with van der Waals surface area (Å²) in [6.07, 6.45) is -1.15.